The smallest absolute Gasteiger partial charge is 0.313 e. The van der Waals surface area contributed by atoms with Crippen LogP contribution in [0.3, 0.4) is 0 Å². The highest BCUT2D eigenvalue weighted by molar-refractivity contribution is 8.93. The Balaban J connectivity index is 2.51. The van der Waals surface area contributed by atoms with Crippen molar-refractivity contribution in [2.75, 3.05) is 6.26 Å². The highest BCUT2D eigenvalue weighted by atomic mass is 33.2. The van der Waals surface area contributed by atoms with Crippen molar-refractivity contribution in [1.82, 2.24) is 0 Å². The van der Waals surface area contributed by atoms with Crippen molar-refractivity contribution >= 4 is 39.2 Å². The Labute approximate surface area is 87.7 Å². The Morgan fingerprint density at radius 1 is 1.42 bits per heavy atom. The van der Waals surface area contributed by atoms with E-state index in [0.717, 1.165) is 0 Å². The lowest BCUT2D eigenvalue weighted by atomic mass is 10.0. The van der Waals surface area contributed by atoms with Crippen LogP contribution in [0.5, 0.6) is 0 Å². The van der Waals surface area contributed by atoms with E-state index in [1.54, 1.807) is 0 Å². The molecule has 0 aromatic rings. The van der Waals surface area contributed by atoms with Crippen molar-refractivity contribution in [2.45, 2.75) is 37.4 Å². The third-order valence-electron chi connectivity index (χ3n) is 2.41. The standard InChI is InChI=1S/C7H15OPS3/c1-12(9(8,10)11)7-5-3-2-4-6-7/h7H,2-6H2,1H3,(H-,8,10,11)/p+1. The maximum absolute atomic E-state index is 9.64. The van der Waals surface area contributed by atoms with Gasteiger partial charge >= 0.3 is 4.67 Å². The second-order valence-corrected chi connectivity index (χ2v) is 14.9. The SMILES string of the molecule is C[S+](C1CCCCC1)P(O)(=S)S. The molecule has 0 aromatic carbocycles. The van der Waals surface area contributed by atoms with E-state index in [1.165, 1.54) is 32.1 Å². The molecule has 1 nitrogen and oxygen atoms in total. The van der Waals surface area contributed by atoms with Gasteiger partial charge in [-0.05, 0) is 37.5 Å². The summed E-state index contributed by atoms with van der Waals surface area (Å²) in [4.78, 5) is 9.64. The summed E-state index contributed by atoms with van der Waals surface area (Å²) in [6, 6.07) is 0. The van der Waals surface area contributed by atoms with Crippen LogP contribution in [0.4, 0.5) is 0 Å². The first kappa shape index (κ1) is 11.4. The van der Waals surface area contributed by atoms with Gasteiger partial charge in [0, 0.05) is 10.5 Å². The second-order valence-electron chi connectivity index (χ2n) is 3.27. The predicted molar refractivity (Wildman–Crippen MR) is 65.7 cm³/mol. The van der Waals surface area contributed by atoms with Gasteiger partial charge in [-0.3, -0.25) is 0 Å². The molecular formula is C7H16OPS3+. The molecule has 1 rings (SSSR count). The van der Waals surface area contributed by atoms with Crippen LogP contribution >= 0.6 is 16.9 Å². The van der Waals surface area contributed by atoms with E-state index in [4.69, 9.17) is 11.8 Å². The number of thiol groups is 1. The van der Waals surface area contributed by atoms with Gasteiger partial charge in [-0.25, -0.2) is 0 Å². The van der Waals surface area contributed by atoms with Gasteiger partial charge < -0.3 is 4.89 Å². The minimum absolute atomic E-state index is 0.0281. The van der Waals surface area contributed by atoms with E-state index >= 15 is 0 Å². The summed E-state index contributed by atoms with van der Waals surface area (Å²) < 4.78 is -2.27. The number of rotatable bonds is 2. The predicted octanol–water partition coefficient (Wildman–Crippen LogP) is 2.71. The molecule has 0 bridgehead atoms. The van der Waals surface area contributed by atoms with E-state index in [-0.39, 0.29) is 10.5 Å². The summed E-state index contributed by atoms with van der Waals surface area (Å²) in [5, 5.41) is 0.659. The topological polar surface area (TPSA) is 20.2 Å². The minimum Gasteiger partial charge on any atom is -0.320 e. The molecule has 5 heteroatoms. The normalized spacial score (nSPS) is 27.9. The molecule has 0 spiro atoms. The molecule has 0 aliphatic heterocycles. The minimum atomic E-state index is -2.27. The molecule has 1 fully saturated rings. The zero-order valence-corrected chi connectivity index (χ0v) is 10.7. The Bertz CT molecular complexity index is 185. The molecule has 1 aliphatic carbocycles. The maximum atomic E-state index is 9.64. The van der Waals surface area contributed by atoms with Gasteiger partial charge in [-0.15, -0.1) is 0 Å². The number of hydrogen-bond donors (Lipinski definition) is 2. The van der Waals surface area contributed by atoms with E-state index in [1.807, 2.05) is 0 Å². The largest absolute Gasteiger partial charge is 0.320 e. The first-order valence-electron chi connectivity index (χ1n) is 4.23. The second kappa shape index (κ2) is 4.70. The molecule has 0 radical (unpaired) electrons. The summed E-state index contributed by atoms with van der Waals surface area (Å²) >= 11 is 9.19. The van der Waals surface area contributed by atoms with Crippen LogP contribution in [0.15, 0.2) is 0 Å². The van der Waals surface area contributed by atoms with Crippen LogP contribution in [-0.4, -0.2) is 16.4 Å². The van der Waals surface area contributed by atoms with Gasteiger partial charge in [0.1, 0.15) is 11.5 Å². The van der Waals surface area contributed by atoms with Crippen molar-refractivity contribution < 1.29 is 4.89 Å². The Morgan fingerprint density at radius 3 is 2.33 bits per heavy atom. The molecule has 0 amide bonds. The quantitative estimate of drug-likeness (QED) is 0.442. The Hall–Kier alpha value is 1.31. The summed E-state index contributed by atoms with van der Waals surface area (Å²) in [7, 11) is -0.0281. The van der Waals surface area contributed by atoms with Crippen LogP contribution in [0, 0.1) is 0 Å². The van der Waals surface area contributed by atoms with E-state index in [0.29, 0.717) is 5.25 Å². The fraction of sp³-hybridized carbons (Fsp3) is 1.00. The van der Waals surface area contributed by atoms with Gasteiger partial charge in [-0.2, -0.15) is 0 Å². The van der Waals surface area contributed by atoms with E-state index in [9.17, 15) is 4.89 Å². The molecule has 1 N–H and O–H groups in total. The summed E-state index contributed by atoms with van der Waals surface area (Å²) in [5.74, 6) is 0. The molecule has 0 heterocycles. The monoisotopic (exact) mass is 243 g/mol. The lowest BCUT2D eigenvalue weighted by Crippen LogP contribution is -2.21. The highest BCUT2D eigenvalue weighted by Gasteiger charge is 2.37. The summed E-state index contributed by atoms with van der Waals surface area (Å²) in [5.41, 5.74) is 0. The van der Waals surface area contributed by atoms with Crippen molar-refractivity contribution in [3.63, 3.8) is 0 Å². The van der Waals surface area contributed by atoms with Crippen LogP contribution in [0.1, 0.15) is 32.1 Å². The molecule has 0 aromatic heterocycles. The van der Waals surface area contributed by atoms with Gasteiger partial charge in [0.25, 0.3) is 0 Å². The average molecular weight is 243 g/mol. The van der Waals surface area contributed by atoms with Crippen molar-refractivity contribution in [1.29, 1.82) is 0 Å². The lowest BCUT2D eigenvalue weighted by Gasteiger charge is -2.22. The van der Waals surface area contributed by atoms with Crippen molar-refractivity contribution in [3.05, 3.63) is 0 Å². The van der Waals surface area contributed by atoms with Crippen LogP contribution in [0.2, 0.25) is 0 Å². The fourth-order valence-corrected chi connectivity index (χ4v) is 7.10. The molecule has 1 saturated carbocycles. The van der Waals surface area contributed by atoms with Gasteiger partial charge in [-0.1, -0.05) is 18.7 Å². The molecule has 2 unspecified atom stereocenters. The lowest BCUT2D eigenvalue weighted by molar-refractivity contribution is 0.514. The highest BCUT2D eigenvalue weighted by Crippen LogP contribution is 2.56. The van der Waals surface area contributed by atoms with E-state index in [2.05, 4.69) is 18.5 Å². The number of hydrogen-bond acceptors (Lipinski definition) is 1. The van der Waals surface area contributed by atoms with Crippen LogP contribution in [0.25, 0.3) is 0 Å². The summed E-state index contributed by atoms with van der Waals surface area (Å²) in [6.07, 6.45) is 8.56. The molecule has 12 heavy (non-hydrogen) atoms. The molecule has 72 valence electrons. The first-order chi connectivity index (χ1) is 5.52. The third-order valence-corrected chi connectivity index (χ3v) is 12.2. The molecule has 0 saturated heterocycles. The van der Waals surface area contributed by atoms with Crippen molar-refractivity contribution in [2.24, 2.45) is 0 Å². The third kappa shape index (κ3) is 3.22. The Kier molecular flexibility index (Phi) is 4.46. The molecule has 2 atom stereocenters. The van der Waals surface area contributed by atoms with Crippen LogP contribution in [-0.2, 0) is 22.3 Å². The average Bonchev–Trinajstić information content (AvgIpc) is 2.03. The van der Waals surface area contributed by atoms with Crippen LogP contribution < -0.4 is 0 Å². The zero-order chi connectivity index (χ0) is 9.19. The molecular weight excluding hydrogens is 227 g/mol. The maximum Gasteiger partial charge on any atom is 0.313 e. The Morgan fingerprint density at radius 2 is 1.92 bits per heavy atom. The first-order valence-corrected chi connectivity index (χ1v) is 10.4. The van der Waals surface area contributed by atoms with Crippen molar-refractivity contribution in [3.8, 4) is 0 Å². The fourth-order valence-electron chi connectivity index (χ4n) is 1.60. The molecule has 1 aliphatic rings. The van der Waals surface area contributed by atoms with Gasteiger partial charge in [0.15, 0.2) is 0 Å². The summed E-state index contributed by atoms with van der Waals surface area (Å²) in [6.45, 7) is 0. The van der Waals surface area contributed by atoms with Gasteiger partial charge in [0.05, 0.1) is 0 Å². The van der Waals surface area contributed by atoms with E-state index < -0.39 is 4.67 Å². The van der Waals surface area contributed by atoms with Gasteiger partial charge in [0.2, 0.25) is 0 Å². The zero-order valence-electron chi connectivity index (χ0n) is 7.27.